The second-order valence-corrected chi connectivity index (χ2v) is 5.79. The van der Waals surface area contributed by atoms with Crippen LogP contribution in [0.15, 0.2) is 30.4 Å². The number of carbonyl (C=O) groups is 1. The molecule has 2 heteroatoms. The first-order chi connectivity index (χ1) is 7.97. The van der Waals surface area contributed by atoms with Crippen molar-refractivity contribution in [3.05, 3.63) is 47.0 Å². The van der Waals surface area contributed by atoms with Gasteiger partial charge in [0.25, 0.3) is 0 Å². The molecule has 0 N–H and O–H groups in total. The normalized spacial score (nSPS) is 25.1. The molecule has 0 aromatic heterocycles. The maximum Gasteiger partial charge on any atom is 0.168 e. The smallest absolute Gasteiger partial charge is 0.168 e. The molecule has 0 fully saturated rings. The molecule has 2 nitrogen and oxygen atoms in total. The Morgan fingerprint density at radius 2 is 1.76 bits per heavy atom. The second kappa shape index (κ2) is 3.30. The quantitative estimate of drug-likeness (QED) is 0.542. The molecule has 1 aromatic rings. The summed E-state index contributed by atoms with van der Waals surface area (Å²) in [4.78, 5) is 12.2. The molecule has 0 unspecified atom stereocenters. The molecule has 1 aromatic carbocycles. The lowest BCUT2D eigenvalue weighted by molar-refractivity contribution is 0.0856. The molecule has 0 spiro atoms. The summed E-state index contributed by atoms with van der Waals surface area (Å²) < 4.78 is 5.74. The minimum absolute atomic E-state index is 0.0581. The van der Waals surface area contributed by atoms with Gasteiger partial charge in [0.2, 0.25) is 0 Å². The molecule has 2 heterocycles. The van der Waals surface area contributed by atoms with Crippen LogP contribution in [0.1, 0.15) is 54.5 Å². The summed E-state index contributed by atoms with van der Waals surface area (Å²) in [6, 6.07) is 5.95. The minimum atomic E-state index is -0.331. The Kier molecular flexibility index (Phi) is 2.08. The van der Waals surface area contributed by atoms with E-state index in [1.54, 1.807) is 0 Å². The fourth-order valence-corrected chi connectivity index (χ4v) is 2.46. The van der Waals surface area contributed by atoms with Gasteiger partial charge >= 0.3 is 0 Å². The molecule has 17 heavy (non-hydrogen) atoms. The molecule has 3 rings (SSSR count). The lowest BCUT2D eigenvalue weighted by atomic mass is 9.84. The van der Waals surface area contributed by atoms with Crippen LogP contribution in [0.2, 0.25) is 0 Å². The summed E-state index contributed by atoms with van der Waals surface area (Å²) in [5.41, 5.74) is 2.83. The third-order valence-electron chi connectivity index (χ3n) is 3.40. The highest BCUT2D eigenvalue weighted by Crippen LogP contribution is 2.46. The first-order valence-corrected chi connectivity index (χ1v) is 5.99. The van der Waals surface area contributed by atoms with Gasteiger partial charge in [0.1, 0.15) is 12.2 Å². The molecule has 0 aliphatic carbocycles. The average molecular weight is 228 g/mol. The van der Waals surface area contributed by atoms with E-state index in [0.29, 0.717) is 0 Å². The average Bonchev–Trinajstić information content (AvgIpc) is 2.87. The zero-order valence-corrected chi connectivity index (χ0v) is 10.4. The molecule has 2 aliphatic rings. The topological polar surface area (TPSA) is 26.3 Å². The van der Waals surface area contributed by atoms with Crippen molar-refractivity contribution in [2.75, 3.05) is 0 Å². The fourth-order valence-electron chi connectivity index (χ4n) is 2.46. The van der Waals surface area contributed by atoms with Gasteiger partial charge in [0.05, 0.1) is 0 Å². The standard InChI is InChI=1S/C15H16O2/c1-15(2,3)14(16)9-4-5-10-11(8-9)13-7-6-12(10)17-13/h4-8,12-13H,1-3H3/t12-,13+/m1/s1. The summed E-state index contributed by atoms with van der Waals surface area (Å²) in [7, 11) is 0. The van der Waals surface area contributed by atoms with Crippen molar-refractivity contribution in [2.24, 2.45) is 5.41 Å². The lowest BCUT2D eigenvalue weighted by Crippen LogP contribution is -2.20. The second-order valence-electron chi connectivity index (χ2n) is 5.79. The molecule has 0 saturated heterocycles. The van der Waals surface area contributed by atoms with Gasteiger partial charge in [0.15, 0.2) is 5.78 Å². The van der Waals surface area contributed by atoms with Gasteiger partial charge in [-0.2, -0.15) is 0 Å². The van der Waals surface area contributed by atoms with Crippen LogP contribution < -0.4 is 0 Å². The predicted octanol–water partition coefficient (Wildman–Crippen LogP) is 3.60. The highest BCUT2D eigenvalue weighted by molar-refractivity contribution is 6.00. The highest BCUT2D eigenvalue weighted by Gasteiger charge is 2.34. The number of fused-ring (bicyclic) bond motifs is 5. The molecule has 0 radical (unpaired) electrons. The number of hydrogen-bond donors (Lipinski definition) is 0. The number of benzene rings is 1. The molecule has 0 saturated carbocycles. The number of ether oxygens (including phenoxy) is 1. The van der Waals surface area contributed by atoms with Crippen molar-refractivity contribution < 1.29 is 9.53 Å². The maximum atomic E-state index is 12.2. The molecular formula is C15H16O2. The van der Waals surface area contributed by atoms with E-state index in [2.05, 4.69) is 12.2 Å². The van der Waals surface area contributed by atoms with Crippen LogP contribution in [0.25, 0.3) is 0 Å². The van der Waals surface area contributed by atoms with Gasteiger partial charge in [-0.05, 0) is 17.2 Å². The summed E-state index contributed by atoms with van der Waals surface area (Å²) in [5, 5.41) is 0. The van der Waals surface area contributed by atoms with Gasteiger partial charge in [-0.15, -0.1) is 0 Å². The SMILES string of the molecule is CC(C)(C)C(=O)c1ccc2c(c1)[C@@H]1C=C[C@H]2O1. The molecule has 2 atom stereocenters. The van der Waals surface area contributed by atoms with Crippen LogP contribution in [0.3, 0.4) is 0 Å². The van der Waals surface area contributed by atoms with E-state index in [1.807, 2.05) is 39.0 Å². The zero-order valence-electron chi connectivity index (χ0n) is 10.4. The predicted molar refractivity (Wildman–Crippen MR) is 65.9 cm³/mol. The monoisotopic (exact) mass is 228 g/mol. The Labute approximate surface area is 101 Å². The number of ketones is 1. The Hall–Kier alpha value is -1.41. The van der Waals surface area contributed by atoms with E-state index in [0.717, 1.165) is 11.1 Å². The van der Waals surface area contributed by atoms with Crippen LogP contribution >= 0.6 is 0 Å². The minimum Gasteiger partial charge on any atom is -0.357 e. The van der Waals surface area contributed by atoms with Crippen molar-refractivity contribution in [1.29, 1.82) is 0 Å². The van der Waals surface area contributed by atoms with Gasteiger partial charge in [0, 0.05) is 11.0 Å². The Morgan fingerprint density at radius 3 is 2.41 bits per heavy atom. The van der Waals surface area contributed by atoms with Crippen LogP contribution in [-0.4, -0.2) is 5.78 Å². The van der Waals surface area contributed by atoms with E-state index in [4.69, 9.17) is 4.74 Å². The van der Waals surface area contributed by atoms with E-state index >= 15 is 0 Å². The zero-order chi connectivity index (χ0) is 12.2. The largest absolute Gasteiger partial charge is 0.357 e. The molecule has 2 aliphatic heterocycles. The summed E-state index contributed by atoms with van der Waals surface area (Å²) in [6.45, 7) is 5.85. The number of carbonyl (C=O) groups excluding carboxylic acids is 1. The number of rotatable bonds is 1. The molecule has 0 amide bonds. The number of Topliss-reactive ketones (excluding diaryl/α,β-unsaturated/α-hetero) is 1. The third kappa shape index (κ3) is 1.55. The summed E-state index contributed by atoms with van der Waals surface area (Å²) in [6.07, 6.45) is 4.31. The van der Waals surface area contributed by atoms with Gasteiger partial charge in [-0.3, -0.25) is 4.79 Å². The summed E-state index contributed by atoms with van der Waals surface area (Å²) >= 11 is 0. The maximum absolute atomic E-state index is 12.2. The Morgan fingerprint density at radius 1 is 1.12 bits per heavy atom. The molecule has 88 valence electrons. The van der Waals surface area contributed by atoms with E-state index in [1.165, 1.54) is 5.56 Å². The van der Waals surface area contributed by atoms with Crippen molar-refractivity contribution in [2.45, 2.75) is 33.0 Å². The van der Waals surface area contributed by atoms with E-state index in [-0.39, 0.29) is 23.4 Å². The van der Waals surface area contributed by atoms with Crippen molar-refractivity contribution in [3.63, 3.8) is 0 Å². The first kappa shape index (κ1) is 10.7. The van der Waals surface area contributed by atoms with E-state index < -0.39 is 0 Å². The first-order valence-electron chi connectivity index (χ1n) is 5.99. The van der Waals surface area contributed by atoms with Crippen LogP contribution in [0, 0.1) is 5.41 Å². The van der Waals surface area contributed by atoms with E-state index in [9.17, 15) is 4.79 Å². The highest BCUT2D eigenvalue weighted by atomic mass is 16.5. The van der Waals surface area contributed by atoms with Crippen molar-refractivity contribution in [1.82, 2.24) is 0 Å². The van der Waals surface area contributed by atoms with Gasteiger partial charge in [-0.1, -0.05) is 45.1 Å². The van der Waals surface area contributed by atoms with Crippen molar-refractivity contribution in [3.8, 4) is 0 Å². The van der Waals surface area contributed by atoms with Crippen molar-refractivity contribution >= 4 is 5.78 Å². The van der Waals surface area contributed by atoms with Crippen LogP contribution in [-0.2, 0) is 4.74 Å². The number of hydrogen-bond acceptors (Lipinski definition) is 2. The Balaban J connectivity index is 2.02. The fraction of sp³-hybridized carbons (Fsp3) is 0.400. The molecule has 2 bridgehead atoms. The third-order valence-corrected chi connectivity index (χ3v) is 3.40. The van der Waals surface area contributed by atoms with Crippen LogP contribution in [0.5, 0.6) is 0 Å². The Bertz CT molecular complexity index is 520. The van der Waals surface area contributed by atoms with Crippen LogP contribution in [0.4, 0.5) is 0 Å². The van der Waals surface area contributed by atoms with Gasteiger partial charge < -0.3 is 4.74 Å². The summed E-state index contributed by atoms with van der Waals surface area (Å²) in [5.74, 6) is 0.187. The lowest BCUT2D eigenvalue weighted by Gasteiger charge is -2.18. The molecular weight excluding hydrogens is 212 g/mol. The van der Waals surface area contributed by atoms with Gasteiger partial charge in [-0.25, -0.2) is 0 Å².